The highest BCUT2D eigenvalue weighted by Crippen LogP contribution is 2.37. The summed E-state index contributed by atoms with van der Waals surface area (Å²) in [5.41, 5.74) is 0.266. The number of nitrogens with one attached hydrogen (secondary N) is 1. The number of hydrogen-bond acceptors (Lipinski definition) is 3. The Labute approximate surface area is 148 Å². The first kappa shape index (κ1) is 19.4. The van der Waals surface area contributed by atoms with Gasteiger partial charge in [-0.05, 0) is 64.3 Å². The van der Waals surface area contributed by atoms with E-state index in [0.717, 1.165) is 0 Å². The molecule has 1 atom stereocenters. The molecule has 2 amide bonds. The van der Waals surface area contributed by atoms with Gasteiger partial charge < -0.3 is 10.1 Å². The average molecular weight is 350 g/mol. The maximum Gasteiger partial charge on any atom is 0.246 e. The van der Waals surface area contributed by atoms with Gasteiger partial charge in [0, 0.05) is 25.3 Å². The SMILES string of the molecule is Cc1cc(F)ccc1N1C(=O)CC[C@]1(C)C(=O)NCCCOC(C)C. The van der Waals surface area contributed by atoms with Crippen LogP contribution in [0.2, 0.25) is 0 Å². The zero-order valence-electron chi connectivity index (χ0n) is 15.4. The van der Waals surface area contributed by atoms with Crippen molar-refractivity contribution in [3.8, 4) is 0 Å². The third kappa shape index (κ3) is 4.37. The molecular formula is C19H27FN2O3. The van der Waals surface area contributed by atoms with Crippen molar-refractivity contribution in [2.24, 2.45) is 0 Å². The van der Waals surface area contributed by atoms with Gasteiger partial charge >= 0.3 is 0 Å². The Bertz CT molecular complexity index is 648. The van der Waals surface area contributed by atoms with Crippen molar-refractivity contribution in [3.05, 3.63) is 29.6 Å². The molecule has 1 N–H and O–H groups in total. The van der Waals surface area contributed by atoms with Crippen molar-refractivity contribution < 1.29 is 18.7 Å². The number of amides is 2. The van der Waals surface area contributed by atoms with Crippen LogP contribution in [0, 0.1) is 12.7 Å². The lowest BCUT2D eigenvalue weighted by Gasteiger charge is -2.35. The quantitative estimate of drug-likeness (QED) is 0.769. The fraction of sp³-hybridized carbons (Fsp3) is 0.579. The van der Waals surface area contributed by atoms with E-state index in [4.69, 9.17) is 4.74 Å². The number of anilines is 1. The summed E-state index contributed by atoms with van der Waals surface area (Å²) in [5.74, 6) is -0.661. The van der Waals surface area contributed by atoms with Crippen LogP contribution >= 0.6 is 0 Å². The van der Waals surface area contributed by atoms with Crippen LogP contribution in [0.25, 0.3) is 0 Å². The Morgan fingerprint density at radius 3 is 2.80 bits per heavy atom. The van der Waals surface area contributed by atoms with Gasteiger partial charge in [-0.25, -0.2) is 4.39 Å². The van der Waals surface area contributed by atoms with E-state index in [-0.39, 0.29) is 23.7 Å². The van der Waals surface area contributed by atoms with E-state index in [1.54, 1.807) is 19.9 Å². The van der Waals surface area contributed by atoms with Crippen molar-refractivity contribution in [3.63, 3.8) is 0 Å². The number of carbonyl (C=O) groups excluding carboxylic acids is 2. The number of rotatable bonds is 7. The normalized spacial score (nSPS) is 20.4. The topological polar surface area (TPSA) is 58.6 Å². The van der Waals surface area contributed by atoms with Gasteiger partial charge in [0.2, 0.25) is 11.8 Å². The van der Waals surface area contributed by atoms with Crippen LogP contribution < -0.4 is 10.2 Å². The molecule has 25 heavy (non-hydrogen) atoms. The first-order valence-electron chi connectivity index (χ1n) is 8.75. The molecule has 0 radical (unpaired) electrons. The Morgan fingerprint density at radius 2 is 2.16 bits per heavy atom. The van der Waals surface area contributed by atoms with E-state index in [1.165, 1.54) is 17.0 Å². The van der Waals surface area contributed by atoms with Crippen molar-refractivity contribution in [1.82, 2.24) is 5.32 Å². The lowest BCUT2D eigenvalue weighted by molar-refractivity contribution is -0.127. The van der Waals surface area contributed by atoms with E-state index in [1.807, 2.05) is 13.8 Å². The molecular weight excluding hydrogens is 323 g/mol. The molecule has 1 heterocycles. The molecule has 0 saturated carbocycles. The maximum atomic E-state index is 13.4. The Balaban J connectivity index is 2.08. The fourth-order valence-corrected chi connectivity index (χ4v) is 3.12. The van der Waals surface area contributed by atoms with Gasteiger partial charge in [-0.3, -0.25) is 14.5 Å². The second-order valence-corrected chi connectivity index (χ2v) is 6.96. The van der Waals surface area contributed by atoms with Crippen LogP contribution in [-0.2, 0) is 14.3 Å². The maximum absolute atomic E-state index is 13.4. The zero-order valence-corrected chi connectivity index (χ0v) is 15.4. The number of hydrogen-bond donors (Lipinski definition) is 1. The van der Waals surface area contributed by atoms with Gasteiger partial charge in [0.15, 0.2) is 0 Å². The molecule has 138 valence electrons. The minimum atomic E-state index is -0.960. The third-order valence-corrected chi connectivity index (χ3v) is 4.52. The number of ether oxygens (including phenoxy) is 1. The van der Waals surface area contributed by atoms with Gasteiger partial charge in [0.05, 0.1) is 6.10 Å². The lowest BCUT2D eigenvalue weighted by Crippen LogP contribution is -2.55. The van der Waals surface area contributed by atoms with Crippen LogP contribution in [0.5, 0.6) is 0 Å². The molecule has 1 saturated heterocycles. The van der Waals surface area contributed by atoms with Gasteiger partial charge in [-0.1, -0.05) is 0 Å². The largest absolute Gasteiger partial charge is 0.379 e. The van der Waals surface area contributed by atoms with Crippen LogP contribution in [0.3, 0.4) is 0 Å². The number of carbonyl (C=O) groups is 2. The third-order valence-electron chi connectivity index (χ3n) is 4.52. The van der Waals surface area contributed by atoms with Crippen LogP contribution in [0.4, 0.5) is 10.1 Å². The summed E-state index contributed by atoms with van der Waals surface area (Å²) in [6, 6.07) is 4.26. The molecule has 6 heteroatoms. The lowest BCUT2D eigenvalue weighted by atomic mass is 9.96. The summed E-state index contributed by atoms with van der Waals surface area (Å²) < 4.78 is 18.8. The molecule has 1 aliphatic heterocycles. The van der Waals surface area contributed by atoms with E-state index >= 15 is 0 Å². The van der Waals surface area contributed by atoms with Crippen molar-refractivity contribution >= 4 is 17.5 Å². The van der Waals surface area contributed by atoms with Crippen LogP contribution in [-0.4, -0.2) is 36.6 Å². The smallest absolute Gasteiger partial charge is 0.246 e. The fourth-order valence-electron chi connectivity index (χ4n) is 3.12. The molecule has 0 bridgehead atoms. The minimum absolute atomic E-state index is 0.115. The summed E-state index contributed by atoms with van der Waals surface area (Å²) >= 11 is 0. The molecule has 1 aromatic rings. The summed E-state index contributed by atoms with van der Waals surface area (Å²) in [4.78, 5) is 26.7. The van der Waals surface area contributed by atoms with Gasteiger partial charge in [-0.15, -0.1) is 0 Å². The van der Waals surface area contributed by atoms with E-state index in [2.05, 4.69) is 5.32 Å². The number of nitrogens with zero attached hydrogens (tertiary/aromatic N) is 1. The van der Waals surface area contributed by atoms with E-state index < -0.39 is 5.54 Å². The van der Waals surface area contributed by atoms with Crippen molar-refractivity contribution in [2.75, 3.05) is 18.1 Å². The predicted octanol–water partition coefficient (Wildman–Crippen LogP) is 2.95. The summed E-state index contributed by atoms with van der Waals surface area (Å²) in [6.45, 7) is 8.51. The number of aryl methyl sites for hydroxylation is 1. The highest BCUT2D eigenvalue weighted by atomic mass is 19.1. The highest BCUT2D eigenvalue weighted by Gasteiger charge is 2.48. The predicted molar refractivity (Wildman–Crippen MR) is 95.0 cm³/mol. The van der Waals surface area contributed by atoms with E-state index in [0.29, 0.717) is 43.7 Å². The molecule has 1 aliphatic rings. The van der Waals surface area contributed by atoms with E-state index in [9.17, 15) is 14.0 Å². The molecule has 0 aromatic heterocycles. The van der Waals surface area contributed by atoms with Crippen LogP contribution in [0.1, 0.15) is 45.6 Å². The first-order chi connectivity index (χ1) is 11.8. The molecule has 0 aliphatic carbocycles. The van der Waals surface area contributed by atoms with Crippen molar-refractivity contribution in [1.29, 1.82) is 0 Å². The first-order valence-corrected chi connectivity index (χ1v) is 8.75. The summed E-state index contributed by atoms with van der Waals surface area (Å²) in [5, 5.41) is 2.90. The number of benzene rings is 1. The molecule has 0 unspecified atom stereocenters. The van der Waals surface area contributed by atoms with Gasteiger partial charge in [-0.2, -0.15) is 0 Å². The molecule has 5 nitrogen and oxygen atoms in total. The standard InChI is InChI=1S/C19H27FN2O3/c1-13(2)25-11-5-10-21-18(24)19(4)9-8-17(23)22(19)16-7-6-15(20)12-14(16)3/h6-7,12-13H,5,8-11H2,1-4H3,(H,21,24)/t19-/m1/s1. The Kier molecular flexibility index (Phi) is 6.16. The average Bonchev–Trinajstić information content (AvgIpc) is 2.83. The highest BCUT2D eigenvalue weighted by molar-refractivity contribution is 6.06. The molecule has 1 aromatic carbocycles. The Morgan fingerprint density at radius 1 is 1.44 bits per heavy atom. The summed E-state index contributed by atoms with van der Waals surface area (Å²) in [6.07, 6.45) is 1.62. The monoisotopic (exact) mass is 350 g/mol. The zero-order chi connectivity index (χ0) is 18.6. The molecule has 0 spiro atoms. The Hall–Kier alpha value is -1.95. The molecule has 1 fully saturated rings. The van der Waals surface area contributed by atoms with Gasteiger partial charge in [0.25, 0.3) is 0 Å². The molecule has 2 rings (SSSR count). The second kappa shape index (κ2) is 7.95. The van der Waals surface area contributed by atoms with Gasteiger partial charge in [0.1, 0.15) is 11.4 Å². The number of halogens is 1. The second-order valence-electron chi connectivity index (χ2n) is 6.96. The minimum Gasteiger partial charge on any atom is -0.379 e. The van der Waals surface area contributed by atoms with Crippen molar-refractivity contribution in [2.45, 2.75) is 58.6 Å². The van der Waals surface area contributed by atoms with Crippen LogP contribution in [0.15, 0.2) is 18.2 Å². The summed E-state index contributed by atoms with van der Waals surface area (Å²) in [7, 11) is 0.